The van der Waals surface area contributed by atoms with E-state index in [1.165, 1.54) is 19.2 Å². The van der Waals surface area contributed by atoms with Crippen molar-refractivity contribution >= 4 is 17.6 Å². The van der Waals surface area contributed by atoms with E-state index in [1.807, 2.05) is 0 Å². The molecule has 2 aromatic rings. The number of methoxy groups -OCH3 is 1. The first kappa shape index (κ1) is 19.7. The Morgan fingerprint density at radius 2 is 2.18 bits per heavy atom. The maximum Gasteiger partial charge on any atom is 0.387 e. The van der Waals surface area contributed by atoms with Crippen LogP contribution in [0.15, 0.2) is 30.5 Å². The van der Waals surface area contributed by atoms with Crippen LogP contribution in [0, 0.1) is 0 Å². The summed E-state index contributed by atoms with van der Waals surface area (Å²) < 4.78 is 36.1. The molecule has 10 heteroatoms. The third-order valence-corrected chi connectivity index (χ3v) is 4.35. The summed E-state index contributed by atoms with van der Waals surface area (Å²) in [7, 11) is 1.17. The first-order chi connectivity index (χ1) is 13.5. The molecule has 1 aliphatic rings. The van der Waals surface area contributed by atoms with Gasteiger partial charge in [0.1, 0.15) is 5.75 Å². The lowest BCUT2D eigenvalue weighted by Gasteiger charge is -2.22. The van der Waals surface area contributed by atoms with E-state index in [0.29, 0.717) is 0 Å². The van der Waals surface area contributed by atoms with Gasteiger partial charge in [-0.1, -0.05) is 0 Å². The summed E-state index contributed by atoms with van der Waals surface area (Å²) in [5.74, 6) is -1.63. The van der Waals surface area contributed by atoms with Crippen molar-refractivity contribution in [2.24, 2.45) is 0 Å². The second kappa shape index (κ2) is 8.79. The van der Waals surface area contributed by atoms with Gasteiger partial charge in [0.05, 0.1) is 24.4 Å². The highest BCUT2D eigenvalue weighted by Crippen LogP contribution is 2.28. The SMILES string of the molecule is COC(=O)c1ccc(NC(=O)c2ccn(C3CCCNC3)n2)c(OC(F)F)c1. The molecule has 0 radical (unpaired) electrons. The van der Waals surface area contributed by atoms with Gasteiger partial charge in [-0.25, -0.2) is 4.79 Å². The number of rotatable bonds is 6. The lowest BCUT2D eigenvalue weighted by Crippen LogP contribution is -2.32. The Hall–Kier alpha value is -3.01. The van der Waals surface area contributed by atoms with Gasteiger partial charge in [0.2, 0.25) is 0 Å². The predicted molar refractivity (Wildman–Crippen MR) is 95.7 cm³/mol. The third-order valence-electron chi connectivity index (χ3n) is 4.35. The number of hydrogen-bond acceptors (Lipinski definition) is 6. The van der Waals surface area contributed by atoms with Crippen LogP contribution in [-0.4, -0.2) is 48.5 Å². The van der Waals surface area contributed by atoms with Gasteiger partial charge < -0.3 is 20.1 Å². The molecule has 2 N–H and O–H groups in total. The molecule has 1 unspecified atom stereocenters. The Labute approximate surface area is 159 Å². The Kier molecular flexibility index (Phi) is 6.19. The summed E-state index contributed by atoms with van der Waals surface area (Å²) in [6, 6.07) is 5.43. The van der Waals surface area contributed by atoms with Crippen LogP contribution >= 0.6 is 0 Å². The van der Waals surface area contributed by atoms with Crippen molar-refractivity contribution < 1.29 is 27.8 Å². The minimum atomic E-state index is -3.12. The van der Waals surface area contributed by atoms with Gasteiger partial charge in [0.25, 0.3) is 5.91 Å². The van der Waals surface area contributed by atoms with Crippen molar-refractivity contribution in [2.45, 2.75) is 25.5 Å². The molecule has 0 spiro atoms. The van der Waals surface area contributed by atoms with Crippen LogP contribution in [0.25, 0.3) is 0 Å². The molecule has 1 amide bonds. The van der Waals surface area contributed by atoms with Crippen LogP contribution in [0.3, 0.4) is 0 Å². The molecule has 0 saturated carbocycles. The van der Waals surface area contributed by atoms with E-state index in [2.05, 4.69) is 25.2 Å². The van der Waals surface area contributed by atoms with Crippen LogP contribution < -0.4 is 15.4 Å². The lowest BCUT2D eigenvalue weighted by atomic mass is 10.1. The number of aromatic nitrogens is 2. The second-order valence-corrected chi connectivity index (χ2v) is 6.22. The first-order valence-corrected chi connectivity index (χ1v) is 8.72. The summed E-state index contributed by atoms with van der Waals surface area (Å²) in [6.07, 6.45) is 3.69. The van der Waals surface area contributed by atoms with Crippen molar-refractivity contribution in [2.75, 3.05) is 25.5 Å². The largest absolute Gasteiger partial charge is 0.465 e. The zero-order valence-corrected chi connectivity index (χ0v) is 15.2. The lowest BCUT2D eigenvalue weighted by molar-refractivity contribution is -0.0494. The normalized spacial score (nSPS) is 16.6. The number of hydrogen-bond donors (Lipinski definition) is 2. The number of ether oxygens (including phenoxy) is 2. The number of anilines is 1. The summed E-state index contributed by atoms with van der Waals surface area (Å²) in [4.78, 5) is 24.1. The average molecular weight is 394 g/mol. The molecule has 1 aromatic heterocycles. The maximum absolute atomic E-state index is 12.7. The van der Waals surface area contributed by atoms with Crippen molar-refractivity contribution in [3.8, 4) is 5.75 Å². The number of esters is 1. The summed E-state index contributed by atoms with van der Waals surface area (Å²) in [5, 5.41) is 10.0. The Morgan fingerprint density at radius 3 is 2.86 bits per heavy atom. The summed E-state index contributed by atoms with van der Waals surface area (Å²) in [6.45, 7) is -1.40. The molecule has 1 aromatic carbocycles. The number of halogens is 2. The van der Waals surface area contributed by atoms with E-state index in [-0.39, 0.29) is 28.7 Å². The molecular weight excluding hydrogens is 374 g/mol. The van der Waals surface area contributed by atoms with Gasteiger partial charge in [0, 0.05) is 12.7 Å². The van der Waals surface area contributed by atoms with Crippen LogP contribution in [0.5, 0.6) is 5.75 Å². The highest BCUT2D eigenvalue weighted by molar-refractivity contribution is 6.04. The minimum absolute atomic E-state index is 0.00756. The molecule has 1 saturated heterocycles. The van der Waals surface area contributed by atoms with E-state index in [1.54, 1.807) is 16.9 Å². The highest BCUT2D eigenvalue weighted by atomic mass is 19.3. The standard InChI is InChI=1S/C18H20F2N4O4/c1-27-17(26)11-4-5-13(15(9-11)28-18(19)20)22-16(25)14-6-8-24(23-14)12-3-2-7-21-10-12/h4-6,8-9,12,18,21H,2-3,7,10H2,1H3,(H,22,25). The molecule has 0 bridgehead atoms. The van der Waals surface area contributed by atoms with E-state index < -0.39 is 18.5 Å². The third kappa shape index (κ3) is 4.63. The minimum Gasteiger partial charge on any atom is -0.465 e. The Balaban J connectivity index is 1.77. The molecule has 1 aliphatic heterocycles. The fraction of sp³-hybridized carbons (Fsp3) is 0.389. The molecular formula is C18H20F2N4O4. The van der Waals surface area contributed by atoms with E-state index in [0.717, 1.165) is 32.0 Å². The second-order valence-electron chi connectivity index (χ2n) is 6.22. The number of alkyl halides is 2. The first-order valence-electron chi connectivity index (χ1n) is 8.72. The van der Waals surface area contributed by atoms with Crippen LogP contribution in [0.2, 0.25) is 0 Å². The molecule has 8 nitrogen and oxygen atoms in total. The van der Waals surface area contributed by atoms with Crippen LogP contribution in [0.1, 0.15) is 39.7 Å². The van der Waals surface area contributed by atoms with E-state index in [9.17, 15) is 18.4 Å². The number of piperidine rings is 1. The van der Waals surface area contributed by atoms with E-state index in [4.69, 9.17) is 0 Å². The zero-order chi connectivity index (χ0) is 20.1. The van der Waals surface area contributed by atoms with Crippen LogP contribution in [-0.2, 0) is 4.74 Å². The van der Waals surface area contributed by atoms with Gasteiger partial charge in [-0.05, 0) is 43.7 Å². The number of nitrogens with zero attached hydrogens (tertiary/aromatic N) is 2. The smallest absolute Gasteiger partial charge is 0.387 e. The van der Waals surface area contributed by atoms with Crippen molar-refractivity contribution in [3.63, 3.8) is 0 Å². The van der Waals surface area contributed by atoms with Crippen molar-refractivity contribution in [1.29, 1.82) is 0 Å². The summed E-state index contributed by atoms with van der Waals surface area (Å²) >= 11 is 0. The van der Waals surface area contributed by atoms with Gasteiger partial charge in [-0.3, -0.25) is 9.48 Å². The number of benzene rings is 1. The fourth-order valence-electron chi connectivity index (χ4n) is 2.97. The molecule has 28 heavy (non-hydrogen) atoms. The number of carbonyl (C=O) groups excluding carboxylic acids is 2. The Bertz CT molecular complexity index is 850. The topological polar surface area (TPSA) is 94.5 Å². The molecule has 1 fully saturated rings. The molecule has 2 heterocycles. The van der Waals surface area contributed by atoms with Gasteiger partial charge >= 0.3 is 12.6 Å². The van der Waals surface area contributed by atoms with Gasteiger partial charge in [0.15, 0.2) is 5.69 Å². The molecule has 1 atom stereocenters. The summed E-state index contributed by atoms with van der Waals surface area (Å²) in [5.41, 5.74) is 0.155. The average Bonchev–Trinajstić information content (AvgIpc) is 3.19. The monoisotopic (exact) mass is 394 g/mol. The highest BCUT2D eigenvalue weighted by Gasteiger charge is 2.20. The number of amides is 1. The van der Waals surface area contributed by atoms with Crippen LogP contribution in [0.4, 0.5) is 14.5 Å². The number of carbonyl (C=O) groups is 2. The number of nitrogens with one attached hydrogen (secondary N) is 2. The fourth-order valence-corrected chi connectivity index (χ4v) is 2.97. The van der Waals surface area contributed by atoms with Crippen molar-refractivity contribution in [1.82, 2.24) is 15.1 Å². The zero-order valence-electron chi connectivity index (χ0n) is 15.2. The molecule has 0 aliphatic carbocycles. The van der Waals surface area contributed by atoms with Crippen molar-refractivity contribution in [3.05, 3.63) is 41.7 Å². The van der Waals surface area contributed by atoms with Gasteiger partial charge in [-0.15, -0.1) is 0 Å². The predicted octanol–water partition coefficient (Wildman–Crippen LogP) is 2.45. The van der Waals surface area contributed by atoms with Gasteiger partial charge in [-0.2, -0.15) is 13.9 Å². The Morgan fingerprint density at radius 1 is 1.36 bits per heavy atom. The van der Waals surface area contributed by atoms with E-state index >= 15 is 0 Å². The quantitative estimate of drug-likeness (QED) is 0.731. The molecule has 3 rings (SSSR count). The molecule has 150 valence electrons. The maximum atomic E-state index is 12.7.